The van der Waals surface area contributed by atoms with Crippen molar-refractivity contribution in [2.45, 2.75) is 6.54 Å². The van der Waals surface area contributed by atoms with Gasteiger partial charge in [-0.2, -0.15) is 0 Å². The summed E-state index contributed by atoms with van der Waals surface area (Å²) in [5.41, 5.74) is 3.36. The molecule has 1 N–H and O–H groups in total. The molecule has 0 unspecified atom stereocenters. The molecule has 4 nitrogen and oxygen atoms in total. The SMILES string of the molecule is CNCc1cn2c3cccc(Br)c3nc2n1C. The predicted molar refractivity (Wildman–Crippen MR) is 72.1 cm³/mol. The van der Waals surface area contributed by atoms with Gasteiger partial charge in [0.05, 0.1) is 11.2 Å². The summed E-state index contributed by atoms with van der Waals surface area (Å²) in [4.78, 5) is 4.67. The van der Waals surface area contributed by atoms with Gasteiger partial charge in [-0.15, -0.1) is 0 Å². The summed E-state index contributed by atoms with van der Waals surface area (Å²) < 4.78 is 5.28. The lowest BCUT2D eigenvalue weighted by molar-refractivity contribution is 0.742. The van der Waals surface area contributed by atoms with Gasteiger partial charge in [0, 0.05) is 24.3 Å². The van der Waals surface area contributed by atoms with Crippen LogP contribution >= 0.6 is 15.9 Å². The molecule has 0 atom stereocenters. The molecule has 0 aliphatic carbocycles. The van der Waals surface area contributed by atoms with Crippen LogP contribution in [0.5, 0.6) is 0 Å². The number of hydrogen-bond acceptors (Lipinski definition) is 2. The number of aromatic nitrogens is 3. The van der Waals surface area contributed by atoms with Crippen molar-refractivity contribution >= 4 is 32.7 Å². The van der Waals surface area contributed by atoms with Crippen molar-refractivity contribution in [2.24, 2.45) is 7.05 Å². The zero-order valence-electron chi connectivity index (χ0n) is 9.74. The van der Waals surface area contributed by atoms with Crippen molar-refractivity contribution in [1.29, 1.82) is 0 Å². The summed E-state index contributed by atoms with van der Waals surface area (Å²) in [6, 6.07) is 6.14. The molecule has 0 saturated heterocycles. The highest BCUT2D eigenvalue weighted by Crippen LogP contribution is 2.25. The number of halogens is 1. The minimum absolute atomic E-state index is 0.843. The molecular formula is C12H13BrN4. The van der Waals surface area contributed by atoms with Crippen LogP contribution in [0.15, 0.2) is 28.9 Å². The molecule has 0 amide bonds. The van der Waals surface area contributed by atoms with Crippen molar-refractivity contribution in [3.8, 4) is 0 Å². The molecular weight excluding hydrogens is 280 g/mol. The lowest BCUT2D eigenvalue weighted by Crippen LogP contribution is -2.08. The van der Waals surface area contributed by atoms with E-state index in [2.05, 4.69) is 47.5 Å². The van der Waals surface area contributed by atoms with Gasteiger partial charge in [0.25, 0.3) is 0 Å². The van der Waals surface area contributed by atoms with E-state index in [0.717, 1.165) is 27.8 Å². The standard InChI is InChI=1S/C12H13BrN4/c1-14-6-8-7-17-10-5-3-4-9(13)11(10)15-12(17)16(8)2/h3-5,7,14H,6H2,1-2H3. The van der Waals surface area contributed by atoms with Crippen LogP contribution in [-0.2, 0) is 13.6 Å². The number of rotatable bonds is 2. The zero-order chi connectivity index (χ0) is 12.0. The van der Waals surface area contributed by atoms with Crippen molar-refractivity contribution in [2.75, 3.05) is 7.05 Å². The van der Waals surface area contributed by atoms with Gasteiger partial charge in [-0.25, -0.2) is 4.98 Å². The highest BCUT2D eigenvalue weighted by atomic mass is 79.9. The Labute approximate surface area is 107 Å². The number of nitrogens with one attached hydrogen (secondary N) is 1. The maximum absolute atomic E-state index is 4.67. The number of benzene rings is 1. The Bertz CT molecular complexity index is 695. The van der Waals surface area contributed by atoms with Crippen LogP contribution in [0, 0.1) is 0 Å². The summed E-state index contributed by atoms with van der Waals surface area (Å²) in [6.45, 7) is 0.843. The van der Waals surface area contributed by atoms with E-state index in [9.17, 15) is 0 Å². The van der Waals surface area contributed by atoms with E-state index in [1.807, 2.05) is 26.2 Å². The second-order valence-electron chi connectivity index (χ2n) is 4.10. The maximum Gasteiger partial charge on any atom is 0.215 e. The summed E-state index contributed by atoms with van der Waals surface area (Å²) >= 11 is 3.54. The number of fused-ring (bicyclic) bond motifs is 3. The third-order valence-electron chi connectivity index (χ3n) is 3.02. The van der Waals surface area contributed by atoms with Crippen LogP contribution in [0.2, 0.25) is 0 Å². The van der Waals surface area contributed by atoms with E-state index in [1.165, 1.54) is 5.69 Å². The Morgan fingerprint density at radius 1 is 1.41 bits per heavy atom. The number of para-hydroxylation sites is 1. The fourth-order valence-electron chi connectivity index (χ4n) is 2.14. The van der Waals surface area contributed by atoms with Gasteiger partial charge >= 0.3 is 0 Å². The van der Waals surface area contributed by atoms with Crippen LogP contribution in [0.3, 0.4) is 0 Å². The smallest absolute Gasteiger partial charge is 0.215 e. The van der Waals surface area contributed by atoms with Gasteiger partial charge in [-0.1, -0.05) is 6.07 Å². The summed E-state index contributed by atoms with van der Waals surface area (Å²) in [6.07, 6.45) is 2.13. The van der Waals surface area contributed by atoms with E-state index >= 15 is 0 Å². The molecule has 0 saturated carbocycles. The van der Waals surface area contributed by atoms with Crippen LogP contribution < -0.4 is 5.32 Å². The van der Waals surface area contributed by atoms with Crippen LogP contribution in [0.4, 0.5) is 0 Å². The first-order valence-corrected chi connectivity index (χ1v) is 6.27. The van der Waals surface area contributed by atoms with Crippen molar-refractivity contribution in [3.05, 3.63) is 34.6 Å². The highest BCUT2D eigenvalue weighted by molar-refractivity contribution is 9.10. The number of nitrogens with zero attached hydrogens (tertiary/aromatic N) is 3. The monoisotopic (exact) mass is 292 g/mol. The van der Waals surface area contributed by atoms with Gasteiger partial charge in [0.1, 0.15) is 5.52 Å². The van der Waals surface area contributed by atoms with Crippen LogP contribution in [0.1, 0.15) is 5.69 Å². The number of aryl methyl sites for hydroxylation is 1. The molecule has 5 heteroatoms. The summed E-state index contributed by atoms with van der Waals surface area (Å²) in [5.74, 6) is 0.970. The quantitative estimate of drug-likeness (QED) is 0.787. The van der Waals surface area contributed by atoms with Gasteiger partial charge in [0.15, 0.2) is 0 Å². The molecule has 0 fully saturated rings. The maximum atomic E-state index is 4.67. The second kappa shape index (κ2) is 3.85. The van der Waals surface area contributed by atoms with Gasteiger partial charge < -0.3 is 9.88 Å². The van der Waals surface area contributed by atoms with Gasteiger partial charge in [-0.3, -0.25) is 4.40 Å². The van der Waals surface area contributed by atoms with E-state index in [0.29, 0.717) is 0 Å². The molecule has 0 spiro atoms. The molecule has 0 aliphatic heterocycles. The van der Waals surface area contributed by atoms with Crippen molar-refractivity contribution < 1.29 is 0 Å². The Kier molecular flexibility index (Phi) is 2.45. The fourth-order valence-corrected chi connectivity index (χ4v) is 2.59. The fraction of sp³-hybridized carbons (Fsp3) is 0.250. The minimum Gasteiger partial charge on any atom is -0.316 e. The first-order valence-electron chi connectivity index (χ1n) is 5.48. The third kappa shape index (κ3) is 1.50. The first kappa shape index (κ1) is 10.8. The zero-order valence-corrected chi connectivity index (χ0v) is 11.3. The molecule has 3 rings (SSSR count). The van der Waals surface area contributed by atoms with Gasteiger partial charge in [-0.05, 0) is 35.1 Å². The molecule has 0 aliphatic rings. The van der Waals surface area contributed by atoms with Crippen molar-refractivity contribution in [1.82, 2.24) is 19.3 Å². The molecule has 88 valence electrons. The van der Waals surface area contributed by atoms with E-state index in [-0.39, 0.29) is 0 Å². The molecule has 17 heavy (non-hydrogen) atoms. The van der Waals surface area contributed by atoms with Gasteiger partial charge in [0.2, 0.25) is 5.78 Å². The highest BCUT2D eigenvalue weighted by Gasteiger charge is 2.12. The average molecular weight is 293 g/mol. The first-order chi connectivity index (χ1) is 8.22. The van der Waals surface area contributed by atoms with Crippen LogP contribution in [-0.4, -0.2) is 21.0 Å². The molecule has 0 bridgehead atoms. The second-order valence-corrected chi connectivity index (χ2v) is 4.95. The minimum atomic E-state index is 0.843. The number of imidazole rings is 2. The predicted octanol–water partition coefficient (Wildman–Crippen LogP) is 2.31. The van der Waals surface area contributed by atoms with Crippen molar-refractivity contribution in [3.63, 3.8) is 0 Å². The molecule has 0 radical (unpaired) electrons. The lowest BCUT2D eigenvalue weighted by Gasteiger charge is -1.99. The lowest BCUT2D eigenvalue weighted by atomic mass is 10.3. The molecule has 1 aromatic carbocycles. The van der Waals surface area contributed by atoms with E-state index in [1.54, 1.807) is 0 Å². The summed E-state index contributed by atoms with van der Waals surface area (Å²) in [5, 5.41) is 3.16. The topological polar surface area (TPSA) is 34.3 Å². The average Bonchev–Trinajstić information content (AvgIpc) is 2.81. The Balaban J connectivity index is 2.37. The summed E-state index contributed by atoms with van der Waals surface area (Å²) in [7, 11) is 3.99. The van der Waals surface area contributed by atoms with E-state index in [4.69, 9.17) is 0 Å². The van der Waals surface area contributed by atoms with Crippen LogP contribution in [0.25, 0.3) is 16.8 Å². The Morgan fingerprint density at radius 3 is 3.00 bits per heavy atom. The molecule has 3 aromatic rings. The normalized spacial score (nSPS) is 11.7. The Morgan fingerprint density at radius 2 is 2.24 bits per heavy atom. The number of hydrogen-bond donors (Lipinski definition) is 1. The third-order valence-corrected chi connectivity index (χ3v) is 3.66. The molecule has 2 aromatic heterocycles. The molecule has 2 heterocycles. The Hall–Kier alpha value is -1.33. The van der Waals surface area contributed by atoms with E-state index < -0.39 is 0 Å². The largest absolute Gasteiger partial charge is 0.316 e.